The Labute approximate surface area is 144 Å². The summed E-state index contributed by atoms with van der Waals surface area (Å²) in [5, 5.41) is 13.3. The van der Waals surface area contributed by atoms with Crippen molar-refractivity contribution in [2.45, 2.75) is 45.6 Å². The fraction of sp³-hybridized carbons (Fsp3) is 0.778. The molecule has 2 N–H and O–H groups in total. The highest BCUT2D eigenvalue weighted by Crippen LogP contribution is 2.29. The zero-order valence-corrected chi connectivity index (χ0v) is 14.8. The SMILES string of the molecule is Cc1cc(CNCC2(CO)CCOCC2)nc(N2CCCCC2)n1. The molecule has 3 heterocycles. The third kappa shape index (κ3) is 4.43. The molecule has 3 rings (SSSR count). The van der Waals surface area contributed by atoms with E-state index in [1.54, 1.807) is 0 Å². The van der Waals surface area contributed by atoms with E-state index in [0.717, 1.165) is 63.0 Å². The largest absolute Gasteiger partial charge is 0.396 e. The maximum Gasteiger partial charge on any atom is 0.225 e. The minimum Gasteiger partial charge on any atom is -0.396 e. The number of rotatable bonds is 6. The molecule has 0 bridgehead atoms. The van der Waals surface area contributed by atoms with Crippen LogP contribution in [0.25, 0.3) is 0 Å². The maximum absolute atomic E-state index is 9.77. The number of anilines is 1. The second-order valence-electron chi connectivity index (χ2n) is 7.22. The number of ether oxygens (including phenoxy) is 1. The topological polar surface area (TPSA) is 70.5 Å². The van der Waals surface area contributed by atoms with E-state index in [2.05, 4.69) is 21.3 Å². The normalized spacial score (nSPS) is 21.0. The maximum atomic E-state index is 9.77. The van der Waals surface area contributed by atoms with Gasteiger partial charge in [-0.3, -0.25) is 0 Å². The van der Waals surface area contributed by atoms with Gasteiger partial charge in [0.1, 0.15) is 0 Å². The number of nitrogens with zero attached hydrogens (tertiary/aromatic N) is 3. The Morgan fingerprint density at radius 3 is 2.67 bits per heavy atom. The van der Waals surface area contributed by atoms with Gasteiger partial charge in [0.25, 0.3) is 0 Å². The van der Waals surface area contributed by atoms with Crippen molar-refractivity contribution in [3.63, 3.8) is 0 Å². The summed E-state index contributed by atoms with van der Waals surface area (Å²) in [6, 6.07) is 2.05. The van der Waals surface area contributed by atoms with E-state index in [1.807, 2.05) is 6.92 Å². The van der Waals surface area contributed by atoms with Crippen LogP contribution in [0.2, 0.25) is 0 Å². The molecule has 0 spiro atoms. The minimum absolute atomic E-state index is 0.0456. The second kappa shape index (κ2) is 8.23. The molecule has 2 aliphatic heterocycles. The number of aliphatic hydroxyl groups excluding tert-OH is 1. The molecule has 6 heteroatoms. The second-order valence-corrected chi connectivity index (χ2v) is 7.22. The lowest BCUT2D eigenvalue weighted by molar-refractivity contribution is -0.0154. The molecule has 0 saturated carbocycles. The van der Waals surface area contributed by atoms with Gasteiger partial charge >= 0.3 is 0 Å². The fourth-order valence-electron chi connectivity index (χ4n) is 3.59. The third-order valence-electron chi connectivity index (χ3n) is 5.23. The van der Waals surface area contributed by atoms with Crippen molar-refractivity contribution in [3.05, 3.63) is 17.5 Å². The van der Waals surface area contributed by atoms with Gasteiger partial charge in [0.2, 0.25) is 5.95 Å². The fourth-order valence-corrected chi connectivity index (χ4v) is 3.59. The summed E-state index contributed by atoms with van der Waals surface area (Å²) in [4.78, 5) is 11.7. The molecule has 0 unspecified atom stereocenters. The smallest absolute Gasteiger partial charge is 0.225 e. The van der Waals surface area contributed by atoms with Crippen LogP contribution in [0.1, 0.15) is 43.5 Å². The highest BCUT2D eigenvalue weighted by molar-refractivity contribution is 5.32. The van der Waals surface area contributed by atoms with Crippen molar-refractivity contribution in [2.24, 2.45) is 5.41 Å². The van der Waals surface area contributed by atoms with Crippen LogP contribution in [-0.2, 0) is 11.3 Å². The Hall–Kier alpha value is -1.24. The zero-order chi connectivity index (χ0) is 16.8. The molecule has 2 fully saturated rings. The number of piperidine rings is 1. The summed E-state index contributed by atoms with van der Waals surface area (Å²) >= 11 is 0. The van der Waals surface area contributed by atoms with Gasteiger partial charge in [-0.25, -0.2) is 9.97 Å². The molecule has 1 aromatic heterocycles. The first-order chi connectivity index (χ1) is 11.7. The number of hydrogen-bond donors (Lipinski definition) is 2. The van der Waals surface area contributed by atoms with Crippen LogP contribution in [-0.4, -0.2) is 54.5 Å². The van der Waals surface area contributed by atoms with Crippen molar-refractivity contribution < 1.29 is 9.84 Å². The Kier molecular flexibility index (Phi) is 6.03. The Morgan fingerprint density at radius 2 is 1.96 bits per heavy atom. The number of aryl methyl sites for hydroxylation is 1. The summed E-state index contributed by atoms with van der Waals surface area (Å²) in [6.45, 7) is 7.37. The van der Waals surface area contributed by atoms with Crippen LogP contribution >= 0.6 is 0 Å². The zero-order valence-electron chi connectivity index (χ0n) is 14.8. The molecule has 0 aromatic carbocycles. The van der Waals surface area contributed by atoms with Gasteiger partial charge in [-0.05, 0) is 45.1 Å². The monoisotopic (exact) mass is 334 g/mol. The predicted molar refractivity (Wildman–Crippen MR) is 94.1 cm³/mol. The van der Waals surface area contributed by atoms with Crippen LogP contribution in [0.15, 0.2) is 6.07 Å². The number of aliphatic hydroxyl groups is 1. The first-order valence-electron chi connectivity index (χ1n) is 9.20. The van der Waals surface area contributed by atoms with E-state index < -0.39 is 0 Å². The van der Waals surface area contributed by atoms with E-state index in [4.69, 9.17) is 9.72 Å². The molecule has 2 saturated heterocycles. The average Bonchev–Trinajstić information content (AvgIpc) is 2.63. The van der Waals surface area contributed by atoms with Crippen molar-refractivity contribution in [3.8, 4) is 0 Å². The van der Waals surface area contributed by atoms with Crippen molar-refractivity contribution >= 4 is 5.95 Å². The lowest BCUT2D eigenvalue weighted by Gasteiger charge is -2.35. The molecule has 24 heavy (non-hydrogen) atoms. The van der Waals surface area contributed by atoms with Crippen LogP contribution in [0, 0.1) is 12.3 Å². The number of nitrogens with one attached hydrogen (secondary N) is 1. The van der Waals surface area contributed by atoms with E-state index in [0.29, 0.717) is 6.54 Å². The first-order valence-corrected chi connectivity index (χ1v) is 9.20. The van der Waals surface area contributed by atoms with Gasteiger partial charge in [-0.15, -0.1) is 0 Å². The molecule has 0 atom stereocenters. The Bertz CT molecular complexity index is 526. The van der Waals surface area contributed by atoms with Crippen LogP contribution in [0.3, 0.4) is 0 Å². The van der Waals surface area contributed by atoms with Gasteiger partial charge in [0, 0.05) is 50.5 Å². The van der Waals surface area contributed by atoms with Gasteiger partial charge in [-0.2, -0.15) is 0 Å². The van der Waals surface area contributed by atoms with Crippen molar-refractivity contribution in [1.29, 1.82) is 0 Å². The van der Waals surface area contributed by atoms with E-state index in [1.165, 1.54) is 19.3 Å². The molecule has 6 nitrogen and oxygen atoms in total. The highest BCUT2D eigenvalue weighted by atomic mass is 16.5. The molecular weight excluding hydrogens is 304 g/mol. The van der Waals surface area contributed by atoms with Crippen LogP contribution in [0.5, 0.6) is 0 Å². The molecule has 2 aliphatic rings. The summed E-state index contributed by atoms with van der Waals surface area (Å²) in [6.07, 6.45) is 5.60. The molecule has 0 amide bonds. The molecule has 0 aliphatic carbocycles. The average molecular weight is 334 g/mol. The molecule has 134 valence electrons. The van der Waals surface area contributed by atoms with Crippen LogP contribution in [0.4, 0.5) is 5.95 Å². The summed E-state index contributed by atoms with van der Waals surface area (Å²) in [5.74, 6) is 0.870. The summed E-state index contributed by atoms with van der Waals surface area (Å²) in [5.41, 5.74) is 2.00. The minimum atomic E-state index is -0.0456. The quantitative estimate of drug-likeness (QED) is 0.824. The van der Waals surface area contributed by atoms with Crippen molar-refractivity contribution in [1.82, 2.24) is 15.3 Å². The third-order valence-corrected chi connectivity index (χ3v) is 5.23. The number of hydrogen-bond acceptors (Lipinski definition) is 6. The van der Waals surface area contributed by atoms with Crippen LogP contribution < -0.4 is 10.2 Å². The van der Waals surface area contributed by atoms with E-state index in [-0.39, 0.29) is 12.0 Å². The first kappa shape index (κ1) is 17.6. The summed E-state index contributed by atoms with van der Waals surface area (Å²) in [7, 11) is 0. The Morgan fingerprint density at radius 1 is 1.21 bits per heavy atom. The summed E-state index contributed by atoms with van der Waals surface area (Å²) < 4.78 is 5.42. The predicted octanol–water partition coefficient (Wildman–Crippen LogP) is 1.65. The standard InChI is InChI=1S/C18H30N4O2/c1-15-11-16(21-17(20-15)22-7-3-2-4-8-22)12-19-13-18(14-23)5-9-24-10-6-18/h11,19,23H,2-10,12-14H2,1H3. The van der Waals surface area contributed by atoms with Gasteiger partial charge in [0.05, 0.1) is 12.3 Å². The van der Waals surface area contributed by atoms with Gasteiger partial charge < -0.3 is 20.1 Å². The number of aromatic nitrogens is 2. The molecule has 1 aromatic rings. The Balaban J connectivity index is 1.59. The van der Waals surface area contributed by atoms with Gasteiger partial charge in [-0.1, -0.05) is 0 Å². The van der Waals surface area contributed by atoms with E-state index >= 15 is 0 Å². The lowest BCUT2D eigenvalue weighted by Crippen LogP contribution is -2.41. The molecule has 0 radical (unpaired) electrons. The highest BCUT2D eigenvalue weighted by Gasteiger charge is 2.31. The van der Waals surface area contributed by atoms with Gasteiger partial charge in [0.15, 0.2) is 0 Å². The lowest BCUT2D eigenvalue weighted by atomic mass is 9.81. The van der Waals surface area contributed by atoms with Crippen molar-refractivity contribution in [2.75, 3.05) is 44.4 Å². The van der Waals surface area contributed by atoms with E-state index in [9.17, 15) is 5.11 Å². The molecular formula is C18H30N4O2.